The van der Waals surface area contributed by atoms with Crippen molar-refractivity contribution >= 4 is 34.4 Å². The predicted molar refractivity (Wildman–Crippen MR) is 136 cm³/mol. The minimum Gasteiger partial charge on any atom is -0.325 e. The topological polar surface area (TPSA) is 98.9 Å². The van der Waals surface area contributed by atoms with Gasteiger partial charge in [0.2, 0.25) is 5.91 Å². The number of rotatable bonds is 8. The zero-order valence-electron chi connectivity index (χ0n) is 20.0. The minimum absolute atomic E-state index is 0.0970. The molecule has 1 aliphatic rings. The molecular formula is C25H31N5O3S. The molecule has 34 heavy (non-hydrogen) atoms. The van der Waals surface area contributed by atoms with Gasteiger partial charge < -0.3 is 5.32 Å². The number of aromatic nitrogens is 4. The molecule has 0 aliphatic heterocycles. The molecule has 1 saturated carbocycles. The van der Waals surface area contributed by atoms with E-state index in [-0.39, 0.29) is 23.0 Å². The van der Waals surface area contributed by atoms with Gasteiger partial charge in [-0.15, -0.1) is 0 Å². The summed E-state index contributed by atoms with van der Waals surface area (Å²) in [4.78, 5) is 47.5. The van der Waals surface area contributed by atoms with Crippen molar-refractivity contribution in [1.82, 2.24) is 19.1 Å². The molecule has 2 aromatic heterocycles. The second-order valence-electron chi connectivity index (χ2n) is 8.91. The van der Waals surface area contributed by atoms with Crippen molar-refractivity contribution in [3.63, 3.8) is 0 Å². The summed E-state index contributed by atoms with van der Waals surface area (Å²) in [5, 5.41) is 3.65. The van der Waals surface area contributed by atoms with E-state index in [9.17, 15) is 14.4 Å². The van der Waals surface area contributed by atoms with E-state index in [0.29, 0.717) is 16.5 Å². The van der Waals surface area contributed by atoms with Gasteiger partial charge in [-0.25, -0.2) is 14.8 Å². The molecule has 4 rings (SSSR count). The van der Waals surface area contributed by atoms with Gasteiger partial charge in [0.15, 0.2) is 5.65 Å². The smallest absolute Gasteiger partial charge is 0.325 e. The Morgan fingerprint density at radius 1 is 1.09 bits per heavy atom. The first-order valence-corrected chi connectivity index (χ1v) is 12.9. The van der Waals surface area contributed by atoms with Crippen molar-refractivity contribution in [1.29, 1.82) is 0 Å². The zero-order chi connectivity index (χ0) is 24.2. The Morgan fingerprint density at radius 3 is 2.47 bits per heavy atom. The SMILES string of the molecule is CCCCc1ccc(NC(=O)CSc2nc(C3CCCC3)nc3c2c(=O)n(C)c(=O)n3C)cc1. The standard InChI is InChI=1S/C25H31N5O3S/c1-4-5-8-16-11-13-18(14-12-16)26-19(31)15-34-23-20-22(29(2)25(33)30(3)24(20)32)27-21(28-23)17-9-6-7-10-17/h11-14,17H,4-10,15H2,1-3H3,(H,26,31). The maximum atomic E-state index is 13.0. The molecule has 9 heteroatoms. The molecule has 8 nitrogen and oxygen atoms in total. The van der Waals surface area contributed by atoms with Gasteiger partial charge in [0.25, 0.3) is 5.56 Å². The molecule has 0 spiro atoms. The van der Waals surface area contributed by atoms with Gasteiger partial charge in [-0.05, 0) is 43.4 Å². The van der Waals surface area contributed by atoms with Gasteiger partial charge in [0.1, 0.15) is 16.2 Å². The molecule has 1 aliphatic carbocycles. The molecule has 3 aromatic rings. The lowest BCUT2D eigenvalue weighted by Crippen LogP contribution is -2.38. The Labute approximate surface area is 202 Å². The number of unbranched alkanes of at least 4 members (excludes halogenated alkanes) is 1. The fourth-order valence-electron chi connectivity index (χ4n) is 4.38. The summed E-state index contributed by atoms with van der Waals surface area (Å²) in [6, 6.07) is 7.90. The minimum atomic E-state index is -0.443. The van der Waals surface area contributed by atoms with Crippen LogP contribution in [0.1, 0.15) is 62.8 Å². The second-order valence-corrected chi connectivity index (χ2v) is 9.87. The second kappa shape index (κ2) is 10.5. The maximum Gasteiger partial charge on any atom is 0.332 e. The van der Waals surface area contributed by atoms with E-state index in [1.165, 1.54) is 28.9 Å². The van der Waals surface area contributed by atoms with Crippen molar-refractivity contribution < 1.29 is 4.79 Å². The Hall–Kier alpha value is -2.94. The molecular weight excluding hydrogens is 450 g/mol. The van der Waals surface area contributed by atoms with Crippen molar-refractivity contribution in [2.75, 3.05) is 11.1 Å². The Bertz CT molecular complexity index is 1310. The van der Waals surface area contributed by atoms with E-state index in [0.717, 1.165) is 55.2 Å². The lowest BCUT2D eigenvalue weighted by atomic mass is 10.1. The van der Waals surface area contributed by atoms with Crippen LogP contribution in [0.2, 0.25) is 0 Å². The third-order valence-corrected chi connectivity index (χ3v) is 7.38. The van der Waals surface area contributed by atoms with Crippen LogP contribution in [0.4, 0.5) is 5.69 Å². The normalized spacial score (nSPS) is 14.1. The number of nitrogens with zero attached hydrogens (tertiary/aromatic N) is 4. The molecule has 180 valence electrons. The van der Waals surface area contributed by atoms with Gasteiger partial charge in [0, 0.05) is 25.7 Å². The number of hydrogen-bond donors (Lipinski definition) is 1. The van der Waals surface area contributed by atoms with Crippen molar-refractivity contribution in [2.24, 2.45) is 14.1 Å². The van der Waals surface area contributed by atoms with E-state index in [1.54, 1.807) is 7.05 Å². The Kier molecular flexibility index (Phi) is 7.50. The average Bonchev–Trinajstić information content (AvgIpc) is 3.39. The molecule has 1 amide bonds. The van der Waals surface area contributed by atoms with Gasteiger partial charge in [-0.3, -0.25) is 18.7 Å². The quantitative estimate of drug-likeness (QED) is 0.389. The number of fused-ring (bicyclic) bond motifs is 1. The molecule has 2 heterocycles. The van der Waals surface area contributed by atoms with Crippen molar-refractivity contribution in [2.45, 2.75) is 62.8 Å². The Balaban J connectivity index is 1.58. The number of nitrogens with one attached hydrogen (secondary N) is 1. The summed E-state index contributed by atoms with van der Waals surface area (Å²) in [7, 11) is 3.06. The number of hydrogen-bond acceptors (Lipinski definition) is 6. The number of aryl methyl sites for hydroxylation is 2. The van der Waals surface area contributed by atoms with Crippen LogP contribution >= 0.6 is 11.8 Å². The van der Waals surface area contributed by atoms with Gasteiger partial charge in [-0.2, -0.15) is 0 Å². The van der Waals surface area contributed by atoms with E-state index < -0.39 is 11.2 Å². The molecule has 0 atom stereocenters. The van der Waals surface area contributed by atoms with Gasteiger partial charge >= 0.3 is 5.69 Å². The molecule has 1 fully saturated rings. The summed E-state index contributed by atoms with van der Waals surface area (Å²) in [6.07, 6.45) is 7.53. The van der Waals surface area contributed by atoms with Crippen LogP contribution in [0, 0.1) is 0 Å². The van der Waals surface area contributed by atoms with Crippen LogP contribution in [0.25, 0.3) is 11.0 Å². The van der Waals surface area contributed by atoms with Crippen LogP contribution in [-0.4, -0.2) is 30.8 Å². The van der Waals surface area contributed by atoms with E-state index in [4.69, 9.17) is 4.98 Å². The maximum absolute atomic E-state index is 13.0. The first-order valence-electron chi connectivity index (χ1n) is 11.9. The molecule has 0 unspecified atom stereocenters. The summed E-state index contributed by atoms with van der Waals surface area (Å²) < 4.78 is 2.45. The first-order chi connectivity index (χ1) is 16.4. The van der Waals surface area contributed by atoms with Crippen LogP contribution in [0.3, 0.4) is 0 Å². The van der Waals surface area contributed by atoms with Crippen molar-refractivity contribution in [3.8, 4) is 0 Å². The third kappa shape index (κ3) is 5.09. The van der Waals surface area contributed by atoms with Crippen LogP contribution in [-0.2, 0) is 25.3 Å². The number of amides is 1. The average molecular weight is 482 g/mol. The third-order valence-electron chi connectivity index (χ3n) is 6.40. The lowest BCUT2D eigenvalue weighted by Gasteiger charge is -2.14. The number of anilines is 1. The molecule has 0 bridgehead atoms. The first kappa shape index (κ1) is 24.2. The van der Waals surface area contributed by atoms with Crippen LogP contribution in [0.15, 0.2) is 38.9 Å². The largest absolute Gasteiger partial charge is 0.332 e. The number of carbonyl (C=O) groups excluding carboxylic acids is 1. The lowest BCUT2D eigenvalue weighted by molar-refractivity contribution is -0.113. The fraction of sp³-hybridized carbons (Fsp3) is 0.480. The highest BCUT2D eigenvalue weighted by Crippen LogP contribution is 2.34. The monoisotopic (exact) mass is 481 g/mol. The Morgan fingerprint density at radius 2 is 1.79 bits per heavy atom. The zero-order valence-corrected chi connectivity index (χ0v) is 20.8. The highest BCUT2D eigenvalue weighted by atomic mass is 32.2. The molecule has 0 radical (unpaired) electrons. The number of carbonyl (C=O) groups is 1. The van der Waals surface area contributed by atoms with E-state index in [1.807, 2.05) is 24.3 Å². The summed E-state index contributed by atoms with van der Waals surface area (Å²) >= 11 is 1.21. The number of thioether (sulfide) groups is 1. The van der Waals surface area contributed by atoms with E-state index in [2.05, 4.69) is 17.2 Å². The van der Waals surface area contributed by atoms with Crippen molar-refractivity contribution in [3.05, 3.63) is 56.5 Å². The van der Waals surface area contributed by atoms with Gasteiger partial charge in [0.05, 0.1) is 5.75 Å². The highest BCUT2D eigenvalue weighted by molar-refractivity contribution is 8.00. The van der Waals surface area contributed by atoms with Crippen LogP contribution in [0.5, 0.6) is 0 Å². The summed E-state index contributed by atoms with van der Waals surface area (Å²) in [6.45, 7) is 2.17. The highest BCUT2D eigenvalue weighted by Gasteiger charge is 2.24. The predicted octanol–water partition coefficient (Wildman–Crippen LogP) is 3.76. The van der Waals surface area contributed by atoms with Crippen LogP contribution < -0.4 is 16.6 Å². The molecule has 1 N–H and O–H groups in total. The van der Waals surface area contributed by atoms with E-state index >= 15 is 0 Å². The summed E-state index contributed by atoms with van der Waals surface area (Å²) in [5.74, 6) is 0.781. The molecule has 0 saturated heterocycles. The van der Waals surface area contributed by atoms with Gasteiger partial charge in [-0.1, -0.05) is 50.1 Å². The fourth-order valence-corrected chi connectivity index (χ4v) is 5.20. The number of benzene rings is 1. The molecule has 1 aromatic carbocycles. The summed E-state index contributed by atoms with van der Waals surface area (Å²) in [5.41, 5.74) is 1.45.